The van der Waals surface area contributed by atoms with Crippen LogP contribution in [-0.4, -0.2) is 24.5 Å². The molecular formula is C15H20N4O2S. The predicted molar refractivity (Wildman–Crippen MR) is 88.8 cm³/mol. The maximum absolute atomic E-state index is 11.3. The summed E-state index contributed by atoms with van der Waals surface area (Å²) in [6, 6.07) is 7.42. The Kier molecular flexibility index (Phi) is 4.99. The zero-order valence-electron chi connectivity index (χ0n) is 12.7. The van der Waals surface area contributed by atoms with Gasteiger partial charge in [-0.2, -0.15) is 5.10 Å². The van der Waals surface area contributed by atoms with E-state index in [1.165, 1.54) is 0 Å². The Bertz CT molecular complexity index is 752. The summed E-state index contributed by atoms with van der Waals surface area (Å²) in [6.45, 7) is 6.34. The Morgan fingerprint density at radius 3 is 2.86 bits per heavy atom. The highest BCUT2D eigenvalue weighted by atomic mass is 32.2. The van der Waals surface area contributed by atoms with E-state index in [2.05, 4.69) is 21.7 Å². The van der Waals surface area contributed by atoms with Crippen molar-refractivity contribution in [2.45, 2.75) is 19.5 Å². The maximum atomic E-state index is 11.3. The quantitative estimate of drug-likeness (QED) is 0.820. The number of rotatable bonds is 7. The zero-order chi connectivity index (χ0) is 16.2. The molecule has 0 spiro atoms. The molecule has 2 N–H and O–H groups in total. The van der Waals surface area contributed by atoms with Gasteiger partial charge in [-0.25, -0.2) is 13.1 Å². The second kappa shape index (κ2) is 6.76. The van der Waals surface area contributed by atoms with Gasteiger partial charge in [-0.1, -0.05) is 18.7 Å². The van der Waals surface area contributed by atoms with E-state index in [-0.39, 0.29) is 6.04 Å². The van der Waals surface area contributed by atoms with Gasteiger partial charge in [0.2, 0.25) is 10.0 Å². The third kappa shape index (κ3) is 4.71. The van der Waals surface area contributed by atoms with Gasteiger partial charge in [0.15, 0.2) is 0 Å². The van der Waals surface area contributed by atoms with Crippen LogP contribution in [0.5, 0.6) is 0 Å². The second-order valence-electron chi connectivity index (χ2n) is 5.11. The molecule has 0 aliphatic heterocycles. The molecule has 1 atom stereocenters. The van der Waals surface area contributed by atoms with Crippen LogP contribution in [0.25, 0.3) is 6.20 Å². The first-order valence-corrected chi connectivity index (χ1v) is 8.73. The molecule has 1 heterocycles. The van der Waals surface area contributed by atoms with Crippen LogP contribution in [0.1, 0.15) is 24.1 Å². The van der Waals surface area contributed by atoms with Gasteiger partial charge >= 0.3 is 0 Å². The number of aromatic nitrogens is 2. The van der Waals surface area contributed by atoms with Crippen molar-refractivity contribution in [2.24, 2.45) is 0 Å². The minimum absolute atomic E-state index is 0.0772. The van der Waals surface area contributed by atoms with E-state index in [0.29, 0.717) is 12.2 Å². The fourth-order valence-corrected chi connectivity index (χ4v) is 2.60. The standard InChI is InChI=1S/C15H20N4O2S/c1-4-19-11-13(10-17-19)9-16-12(2)14-6-5-7-15(8-14)18-22(3,20)21/h4-8,10-12,16,18H,1,9H2,2-3H3/t12-/m1/s1. The fourth-order valence-electron chi connectivity index (χ4n) is 2.04. The molecule has 118 valence electrons. The van der Waals surface area contributed by atoms with Gasteiger partial charge < -0.3 is 5.32 Å². The third-order valence-electron chi connectivity index (χ3n) is 3.14. The van der Waals surface area contributed by atoms with Crippen LogP contribution in [0.3, 0.4) is 0 Å². The van der Waals surface area contributed by atoms with E-state index in [9.17, 15) is 8.42 Å². The summed E-state index contributed by atoms with van der Waals surface area (Å²) in [5, 5.41) is 7.50. The number of hydrogen-bond donors (Lipinski definition) is 2. The molecule has 0 bridgehead atoms. The van der Waals surface area contributed by atoms with Gasteiger partial charge in [-0.15, -0.1) is 0 Å². The molecule has 6 nitrogen and oxygen atoms in total. The molecule has 2 aromatic rings. The van der Waals surface area contributed by atoms with E-state index in [4.69, 9.17) is 0 Å². The normalized spacial score (nSPS) is 12.8. The summed E-state index contributed by atoms with van der Waals surface area (Å²) < 4.78 is 26.7. The highest BCUT2D eigenvalue weighted by Gasteiger charge is 2.08. The minimum Gasteiger partial charge on any atom is -0.306 e. The Morgan fingerprint density at radius 1 is 1.45 bits per heavy atom. The van der Waals surface area contributed by atoms with Gasteiger partial charge in [0, 0.05) is 36.2 Å². The van der Waals surface area contributed by atoms with Gasteiger partial charge in [-0.05, 0) is 24.6 Å². The molecule has 1 aromatic heterocycles. The minimum atomic E-state index is -3.27. The van der Waals surface area contributed by atoms with Crippen molar-refractivity contribution in [1.29, 1.82) is 0 Å². The van der Waals surface area contributed by atoms with Crippen LogP contribution in [0.2, 0.25) is 0 Å². The van der Waals surface area contributed by atoms with Crippen molar-refractivity contribution < 1.29 is 8.42 Å². The average molecular weight is 320 g/mol. The van der Waals surface area contributed by atoms with Gasteiger partial charge in [0.25, 0.3) is 0 Å². The van der Waals surface area contributed by atoms with Gasteiger partial charge in [-0.3, -0.25) is 4.72 Å². The topological polar surface area (TPSA) is 76.0 Å². The van der Waals surface area contributed by atoms with Crippen LogP contribution in [0.15, 0.2) is 43.2 Å². The first-order chi connectivity index (χ1) is 10.4. The van der Waals surface area contributed by atoms with Crippen LogP contribution >= 0.6 is 0 Å². The van der Waals surface area contributed by atoms with Crippen molar-refractivity contribution in [3.8, 4) is 0 Å². The molecule has 0 fully saturated rings. The predicted octanol–water partition coefficient (Wildman–Crippen LogP) is 2.21. The van der Waals surface area contributed by atoms with Crippen LogP contribution in [-0.2, 0) is 16.6 Å². The number of sulfonamides is 1. The lowest BCUT2D eigenvalue weighted by molar-refractivity contribution is 0.575. The SMILES string of the molecule is C=Cn1cc(CN[C@H](C)c2cccc(NS(C)(=O)=O)c2)cn1. The summed E-state index contributed by atoms with van der Waals surface area (Å²) >= 11 is 0. The van der Waals surface area contributed by atoms with E-state index < -0.39 is 10.0 Å². The van der Waals surface area contributed by atoms with E-state index in [1.54, 1.807) is 23.1 Å². The van der Waals surface area contributed by atoms with Crippen molar-refractivity contribution >= 4 is 21.9 Å². The lowest BCUT2D eigenvalue weighted by Crippen LogP contribution is -2.18. The average Bonchev–Trinajstić information content (AvgIpc) is 2.91. The lowest BCUT2D eigenvalue weighted by atomic mass is 10.1. The van der Waals surface area contributed by atoms with E-state index >= 15 is 0 Å². The Morgan fingerprint density at radius 2 is 2.23 bits per heavy atom. The molecular weight excluding hydrogens is 300 g/mol. The number of benzene rings is 1. The molecule has 7 heteroatoms. The fraction of sp³-hybridized carbons (Fsp3) is 0.267. The molecule has 0 aliphatic rings. The Hall–Kier alpha value is -2.12. The molecule has 0 radical (unpaired) electrons. The summed E-state index contributed by atoms with van der Waals surface area (Å²) in [5.74, 6) is 0. The van der Waals surface area contributed by atoms with Crippen molar-refractivity contribution in [1.82, 2.24) is 15.1 Å². The first-order valence-electron chi connectivity index (χ1n) is 6.84. The highest BCUT2D eigenvalue weighted by molar-refractivity contribution is 7.92. The third-order valence-corrected chi connectivity index (χ3v) is 3.75. The monoisotopic (exact) mass is 320 g/mol. The number of hydrogen-bond acceptors (Lipinski definition) is 4. The number of nitrogens with one attached hydrogen (secondary N) is 2. The molecule has 0 amide bonds. The summed E-state index contributed by atoms with van der Waals surface area (Å²) in [7, 11) is -3.27. The second-order valence-corrected chi connectivity index (χ2v) is 6.86. The smallest absolute Gasteiger partial charge is 0.229 e. The number of nitrogens with zero attached hydrogens (tertiary/aromatic N) is 2. The van der Waals surface area contributed by atoms with Gasteiger partial charge in [0.05, 0.1) is 12.5 Å². The molecule has 2 rings (SSSR count). The van der Waals surface area contributed by atoms with Crippen molar-refractivity contribution in [2.75, 3.05) is 11.0 Å². The summed E-state index contributed by atoms with van der Waals surface area (Å²) in [4.78, 5) is 0. The molecule has 0 saturated carbocycles. The van der Waals surface area contributed by atoms with E-state index in [0.717, 1.165) is 17.4 Å². The molecule has 0 aliphatic carbocycles. The van der Waals surface area contributed by atoms with Crippen LogP contribution < -0.4 is 10.0 Å². The summed E-state index contributed by atoms with van der Waals surface area (Å²) in [6.07, 6.45) is 6.45. The first kappa shape index (κ1) is 16.3. The van der Waals surface area contributed by atoms with Crippen molar-refractivity contribution in [3.63, 3.8) is 0 Å². The van der Waals surface area contributed by atoms with Crippen LogP contribution in [0.4, 0.5) is 5.69 Å². The molecule has 1 aromatic carbocycles. The maximum Gasteiger partial charge on any atom is 0.229 e. The molecule has 22 heavy (non-hydrogen) atoms. The van der Waals surface area contributed by atoms with Crippen molar-refractivity contribution in [3.05, 3.63) is 54.4 Å². The number of anilines is 1. The summed E-state index contributed by atoms with van der Waals surface area (Å²) in [5.41, 5.74) is 2.62. The Balaban J connectivity index is 2.01. The van der Waals surface area contributed by atoms with Gasteiger partial charge in [0.1, 0.15) is 0 Å². The Labute approximate surface area is 130 Å². The molecule has 0 saturated heterocycles. The largest absolute Gasteiger partial charge is 0.306 e. The highest BCUT2D eigenvalue weighted by Crippen LogP contribution is 2.18. The van der Waals surface area contributed by atoms with Crippen LogP contribution in [0, 0.1) is 0 Å². The zero-order valence-corrected chi connectivity index (χ0v) is 13.5. The molecule has 0 unspecified atom stereocenters. The van der Waals surface area contributed by atoms with E-state index in [1.807, 2.05) is 31.3 Å². The lowest BCUT2D eigenvalue weighted by Gasteiger charge is -2.15.